The van der Waals surface area contributed by atoms with Gasteiger partial charge in [0.05, 0.1) is 0 Å². The van der Waals surface area contributed by atoms with Crippen molar-refractivity contribution >= 4 is 0 Å². The molecule has 0 amide bonds. The highest BCUT2D eigenvalue weighted by atomic mass is 19.3. The Morgan fingerprint density at radius 2 is 1.75 bits per heavy atom. The van der Waals surface area contributed by atoms with Gasteiger partial charge in [-0.1, -0.05) is 0 Å². The SMILES string of the molecule is FC(F)C1CC2(CCNCC2)C1. The van der Waals surface area contributed by atoms with Crippen LogP contribution in [0.4, 0.5) is 8.78 Å². The molecule has 1 aliphatic carbocycles. The predicted octanol–water partition coefficient (Wildman–Crippen LogP) is 2.03. The molecule has 2 aliphatic rings. The van der Waals surface area contributed by atoms with Crippen LogP contribution >= 0.6 is 0 Å². The van der Waals surface area contributed by atoms with Crippen molar-refractivity contribution in [2.45, 2.75) is 32.1 Å². The van der Waals surface area contributed by atoms with Crippen LogP contribution in [-0.2, 0) is 0 Å². The fourth-order valence-corrected chi connectivity index (χ4v) is 2.60. The topological polar surface area (TPSA) is 12.0 Å². The van der Waals surface area contributed by atoms with E-state index in [2.05, 4.69) is 5.32 Å². The van der Waals surface area contributed by atoms with E-state index in [-0.39, 0.29) is 5.92 Å². The standard InChI is InChI=1S/C9H15F2N/c10-8(11)7-5-9(6-7)1-3-12-4-2-9/h7-8,12H,1-6H2. The molecule has 70 valence electrons. The minimum atomic E-state index is -2.08. The van der Waals surface area contributed by atoms with Crippen molar-refractivity contribution in [1.82, 2.24) is 5.32 Å². The first kappa shape index (κ1) is 8.42. The monoisotopic (exact) mass is 175 g/mol. The summed E-state index contributed by atoms with van der Waals surface area (Å²) in [5.74, 6) is -0.289. The van der Waals surface area contributed by atoms with Crippen molar-refractivity contribution in [3.05, 3.63) is 0 Å². The maximum Gasteiger partial charge on any atom is 0.241 e. The molecule has 1 heterocycles. The molecular formula is C9H15F2N. The van der Waals surface area contributed by atoms with Crippen molar-refractivity contribution in [3.8, 4) is 0 Å². The van der Waals surface area contributed by atoms with Crippen molar-refractivity contribution in [3.63, 3.8) is 0 Å². The van der Waals surface area contributed by atoms with E-state index < -0.39 is 6.43 Å². The molecule has 1 nitrogen and oxygen atoms in total. The van der Waals surface area contributed by atoms with Crippen LogP contribution in [0.15, 0.2) is 0 Å². The van der Waals surface area contributed by atoms with Gasteiger partial charge in [0.15, 0.2) is 0 Å². The summed E-state index contributed by atoms with van der Waals surface area (Å²) in [5, 5.41) is 3.26. The maximum absolute atomic E-state index is 12.2. The van der Waals surface area contributed by atoms with Gasteiger partial charge >= 0.3 is 0 Å². The third-order valence-corrected chi connectivity index (χ3v) is 3.41. The van der Waals surface area contributed by atoms with Crippen LogP contribution in [0.1, 0.15) is 25.7 Å². The van der Waals surface area contributed by atoms with Gasteiger partial charge in [0.25, 0.3) is 0 Å². The Hall–Kier alpha value is -0.180. The van der Waals surface area contributed by atoms with Crippen LogP contribution < -0.4 is 5.32 Å². The number of alkyl halides is 2. The summed E-state index contributed by atoms with van der Waals surface area (Å²) in [6, 6.07) is 0. The lowest BCUT2D eigenvalue weighted by Gasteiger charge is -2.50. The normalized spacial score (nSPS) is 29.2. The molecule has 1 saturated heterocycles. The van der Waals surface area contributed by atoms with Crippen LogP contribution in [0.25, 0.3) is 0 Å². The van der Waals surface area contributed by atoms with E-state index in [1.165, 1.54) is 0 Å². The van der Waals surface area contributed by atoms with E-state index in [1.807, 2.05) is 0 Å². The summed E-state index contributed by atoms with van der Waals surface area (Å²) < 4.78 is 24.4. The van der Waals surface area contributed by atoms with Crippen molar-refractivity contribution in [2.24, 2.45) is 11.3 Å². The number of piperidine rings is 1. The summed E-state index contributed by atoms with van der Waals surface area (Å²) in [4.78, 5) is 0. The molecule has 0 bridgehead atoms. The zero-order chi connectivity index (χ0) is 8.60. The molecule has 0 unspecified atom stereocenters. The zero-order valence-electron chi connectivity index (χ0n) is 7.15. The van der Waals surface area contributed by atoms with E-state index in [1.54, 1.807) is 0 Å². The second-order valence-corrected chi connectivity index (χ2v) is 4.25. The highest BCUT2D eigenvalue weighted by Crippen LogP contribution is 2.53. The molecule has 0 atom stereocenters. The van der Waals surface area contributed by atoms with Crippen LogP contribution in [0, 0.1) is 11.3 Å². The number of nitrogens with one attached hydrogen (secondary N) is 1. The van der Waals surface area contributed by atoms with Crippen molar-refractivity contribution in [2.75, 3.05) is 13.1 Å². The molecule has 1 aliphatic heterocycles. The molecule has 0 radical (unpaired) electrons. The van der Waals surface area contributed by atoms with Gasteiger partial charge in [0.2, 0.25) is 6.43 Å². The number of hydrogen-bond donors (Lipinski definition) is 1. The van der Waals surface area contributed by atoms with Crippen molar-refractivity contribution in [1.29, 1.82) is 0 Å². The quantitative estimate of drug-likeness (QED) is 0.643. The molecule has 2 fully saturated rings. The van der Waals surface area contributed by atoms with E-state index in [0.717, 1.165) is 38.8 Å². The second kappa shape index (κ2) is 2.95. The highest BCUT2D eigenvalue weighted by molar-refractivity contribution is 4.96. The van der Waals surface area contributed by atoms with Gasteiger partial charge in [0.1, 0.15) is 0 Å². The lowest BCUT2D eigenvalue weighted by molar-refractivity contribution is -0.0660. The predicted molar refractivity (Wildman–Crippen MR) is 43.3 cm³/mol. The maximum atomic E-state index is 12.2. The minimum Gasteiger partial charge on any atom is -0.317 e. The van der Waals surface area contributed by atoms with Gasteiger partial charge in [0, 0.05) is 5.92 Å². The van der Waals surface area contributed by atoms with Gasteiger partial charge in [-0.25, -0.2) is 8.78 Å². The fraction of sp³-hybridized carbons (Fsp3) is 1.00. The molecule has 12 heavy (non-hydrogen) atoms. The summed E-state index contributed by atoms with van der Waals surface area (Å²) >= 11 is 0. The molecule has 0 aromatic heterocycles. The van der Waals surface area contributed by atoms with E-state index in [9.17, 15) is 8.78 Å². The molecular weight excluding hydrogens is 160 g/mol. The largest absolute Gasteiger partial charge is 0.317 e. The lowest BCUT2D eigenvalue weighted by Crippen LogP contribution is -2.47. The number of rotatable bonds is 1. The van der Waals surface area contributed by atoms with E-state index >= 15 is 0 Å². The first-order valence-corrected chi connectivity index (χ1v) is 4.71. The number of halogens is 2. The van der Waals surface area contributed by atoms with Crippen LogP contribution in [0.5, 0.6) is 0 Å². The lowest BCUT2D eigenvalue weighted by atomic mass is 9.58. The fourth-order valence-electron chi connectivity index (χ4n) is 2.60. The molecule has 2 rings (SSSR count). The Kier molecular flexibility index (Phi) is 2.07. The Balaban J connectivity index is 1.84. The van der Waals surface area contributed by atoms with Gasteiger partial charge in [-0.3, -0.25) is 0 Å². The zero-order valence-corrected chi connectivity index (χ0v) is 7.15. The van der Waals surface area contributed by atoms with E-state index in [0.29, 0.717) is 5.41 Å². The van der Waals surface area contributed by atoms with Crippen LogP contribution in [-0.4, -0.2) is 19.5 Å². The van der Waals surface area contributed by atoms with Gasteiger partial charge < -0.3 is 5.32 Å². The average Bonchev–Trinajstić information content (AvgIpc) is 2.01. The number of hydrogen-bond acceptors (Lipinski definition) is 1. The third kappa shape index (κ3) is 1.35. The molecule has 0 aromatic rings. The molecule has 0 aromatic carbocycles. The Morgan fingerprint density at radius 1 is 1.17 bits per heavy atom. The smallest absolute Gasteiger partial charge is 0.241 e. The summed E-state index contributed by atoms with van der Waals surface area (Å²) in [6.45, 7) is 2.05. The second-order valence-electron chi connectivity index (χ2n) is 4.25. The average molecular weight is 175 g/mol. The molecule has 3 heteroatoms. The van der Waals surface area contributed by atoms with Gasteiger partial charge in [-0.05, 0) is 44.2 Å². The first-order chi connectivity index (χ1) is 5.72. The summed E-state index contributed by atoms with van der Waals surface area (Å²) in [7, 11) is 0. The molecule has 1 N–H and O–H groups in total. The third-order valence-electron chi connectivity index (χ3n) is 3.41. The Morgan fingerprint density at radius 3 is 2.25 bits per heavy atom. The van der Waals surface area contributed by atoms with E-state index in [4.69, 9.17) is 0 Å². The Bertz CT molecular complexity index is 156. The minimum absolute atomic E-state index is 0.289. The summed E-state index contributed by atoms with van der Waals surface area (Å²) in [5.41, 5.74) is 0.312. The summed E-state index contributed by atoms with van der Waals surface area (Å²) in [6.07, 6.45) is 1.68. The van der Waals surface area contributed by atoms with Gasteiger partial charge in [-0.2, -0.15) is 0 Å². The Labute approximate surface area is 71.5 Å². The first-order valence-electron chi connectivity index (χ1n) is 4.71. The van der Waals surface area contributed by atoms with Crippen LogP contribution in [0.3, 0.4) is 0 Å². The van der Waals surface area contributed by atoms with Gasteiger partial charge in [-0.15, -0.1) is 0 Å². The van der Waals surface area contributed by atoms with Crippen LogP contribution in [0.2, 0.25) is 0 Å². The highest BCUT2D eigenvalue weighted by Gasteiger charge is 2.47. The molecule has 1 spiro atoms. The van der Waals surface area contributed by atoms with Crippen molar-refractivity contribution < 1.29 is 8.78 Å². The molecule has 1 saturated carbocycles.